The summed E-state index contributed by atoms with van der Waals surface area (Å²) in [5, 5.41) is 6.16. The Hall–Kier alpha value is -1.62. The Bertz CT molecular complexity index is 525. The van der Waals surface area contributed by atoms with E-state index in [1.54, 1.807) is 0 Å². The van der Waals surface area contributed by atoms with E-state index in [2.05, 4.69) is 17.6 Å². The molecule has 0 heterocycles. The van der Waals surface area contributed by atoms with Crippen LogP contribution in [0.5, 0.6) is 5.75 Å². The Morgan fingerprint density at radius 3 is 2.58 bits per heavy atom. The van der Waals surface area contributed by atoms with E-state index in [9.17, 15) is 4.79 Å². The normalized spacial score (nSPS) is 14.9. The highest BCUT2D eigenvalue weighted by atomic mass is 32.1. The molecule has 1 amide bonds. The van der Waals surface area contributed by atoms with Crippen LogP contribution in [0.25, 0.3) is 0 Å². The highest BCUT2D eigenvalue weighted by molar-refractivity contribution is 7.80. The molecule has 0 bridgehead atoms. The molecule has 1 aromatic carbocycles. The minimum Gasteiger partial charge on any atom is -0.494 e. The maximum Gasteiger partial charge on any atom is 0.226 e. The van der Waals surface area contributed by atoms with Crippen molar-refractivity contribution >= 4 is 28.9 Å². The van der Waals surface area contributed by atoms with Gasteiger partial charge in [0.05, 0.1) is 6.61 Å². The van der Waals surface area contributed by atoms with Crippen molar-refractivity contribution in [3.8, 4) is 5.75 Å². The van der Waals surface area contributed by atoms with Gasteiger partial charge in [-0.05, 0) is 55.2 Å². The quantitative estimate of drug-likeness (QED) is 0.704. The molecule has 1 aliphatic carbocycles. The molecule has 0 aromatic heterocycles. The van der Waals surface area contributed by atoms with Gasteiger partial charge in [-0.25, -0.2) is 0 Å². The Morgan fingerprint density at radius 1 is 1.21 bits per heavy atom. The second-order valence-corrected chi connectivity index (χ2v) is 6.83. The lowest BCUT2D eigenvalue weighted by Crippen LogP contribution is -2.34. The molecular formula is C19H28N2O2S. The van der Waals surface area contributed by atoms with Crippen molar-refractivity contribution in [2.45, 2.75) is 58.3 Å². The first kappa shape index (κ1) is 18.7. The fraction of sp³-hybridized carbons (Fsp3) is 0.579. The van der Waals surface area contributed by atoms with Gasteiger partial charge in [0.15, 0.2) is 5.11 Å². The summed E-state index contributed by atoms with van der Waals surface area (Å²) in [6.07, 6.45) is 9.00. The Morgan fingerprint density at radius 2 is 1.92 bits per heavy atom. The van der Waals surface area contributed by atoms with Crippen LogP contribution in [0.4, 0.5) is 5.69 Å². The number of amides is 1. The van der Waals surface area contributed by atoms with Crippen molar-refractivity contribution in [1.29, 1.82) is 0 Å². The average Bonchev–Trinajstić information content (AvgIpc) is 2.60. The van der Waals surface area contributed by atoms with E-state index in [1.807, 2.05) is 24.3 Å². The number of ether oxygens (including phenoxy) is 1. The van der Waals surface area contributed by atoms with Crippen molar-refractivity contribution in [1.82, 2.24) is 5.32 Å². The Balaban J connectivity index is 1.68. The largest absolute Gasteiger partial charge is 0.494 e. The maximum atomic E-state index is 12.0. The second-order valence-electron chi connectivity index (χ2n) is 6.42. The number of rotatable bonds is 7. The molecule has 2 rings (SSSR count). The molecule has 1 aliphatic rings. The van der Waals surface area contributed by atoms with E-state index >= 15 is 0 Å². The molecule has 4 nitrogen and oxygen atoms in total. The van der Waals surface area contributed by atoms with E-state index < -0.39 is 0 Å². The Labute approximate surface area is 150 Å². The zero-order chi connectivity index (χ0) is 17.2. The fourth-order valence-electron chi connectivity index (χ4n) is 3.02. The third-order valence-corrected chi connectivity index (χ3v) is 4.55. The molecular weight excluding hydrogens is 320 g/mol. The van der Waals surface area contributed by atoms with Gasteiger partial charge < -0.3 is 15.4 Å². The first-order valence-electron chi connectivity index (χ1n) is 9.01. The molecule has 1 fully saturated rings. The lowest BCUT2D eigenvalue weighted by Gasteiger charge is -2.21. The van der Waals surface area contributed by atoms with Gasteiger partial charge in [-0.2, -0.15) is 0 Å². The molecule has 1 aromatic rings. The molecule has 24 heavy (non-hydrogen) atoms. The Kier molecular flexibility index (Phi) is 8.02. The number of thiocarbonyl (C=S) groups is 1. The zero-order valence-electron chi connectivity index (χ0n) is 14.5. The minimum absolute atomic E-state index is 0.000901. The van der Waals surface area contributed by atoms with Crippen LogP contribution < -0.4 is 15.4 Å². The summed E-state index contributed by atoms with van der Waals surface area (Å²) in [5.74, 6) is 1.55. The summed E-state index contributed by atoms with van der Waals surface area (Å²) < 4.78 is 5.54. The number of carbonyl (C=O) groups is 1. The van der Waals surface area contributed by atoms with Crippen molar-refractivity contribution in [3.05, 3.63) is 24.3 Å². The van der Waals surface area contributed by atoms with Crippen LogP contribution in [0.2, 0.25) is 0 Å². The third kappa shape index (κ3) is 6.87. The smallest absolute Gasteiger partial charge is 0.226 e. The van der Waals surface area contributed by atoms with Gasteiger partial charge in [-0.3, -0.25) is 4.79 Å². The summed E-state index contributed by atoms with van der Waals surface area (Å²) in [5.41, 5.74) is 0.844. The van der Waals surface area contributed by atoms with Crippen LogP contribution >= 0.6 is 12.2 Å². The molecule has 0 aliphatic heterocycles. The third-order valence-electron chi connectivity index (χ3n) is 4.34. The van der Waals surface area contributed by atoms with Crippen molar-refractivity contribution in [3.63, 3.8) is 0 Å². The van der Waals surface area contributed by atoms with E-state index in [1.165, 1.54) is 32.1 Å². The van der Waals surface area contributed by atoms with Crippen LogP contribution in [0.3, 0.4) is 0 Å². The van der Waals surface area contributed by atoms with Crippen LogP contribution in [0.1, 0.15) is 58.3 Å². The van der Waals surface area contributed by atoms with Crippen LogP contribution in [-0.2, 0) is 4.79 Å². The van der Waals surface area contributed by atoms with Crippen LogP contribution in [0, 0.1) is 5.92 Å². The highest BCUT2D eigenvalue weighted by Crippen LogP contribution is 2.27. The molecule has 0 saturated heterocycles. The summed E-state index contributed by atoms with van der Waals surface area (Å²) in [6.45, 7) is 2.79. The van der Waals surface area contributed by atoms with Crippen molar-refractivity contribution in [2.75, 3.05) is 11.9 Å². The maximum absolute atomic E-state index is 12.0. The first-order chi connectivity index (χ1) is 11.7. The van der Waals surface area contributed by atoms with Gasteiger partial charge in [0.25, 0.3) is 0 Å². The number of benzene rings is 1. The summed E-state index contributed by atoms with van der Waals surface area (Å²) >= 11 is 5.21. The van der Waals surface area contributed by atoms with Gasteiger partial charge in [0.1, 0.15) is 5.75 Å². The first-order valence-corrected chi connectivity index (χ1v) is 9.42. The molecule has 1 saturated carbocycles. The van der Waals surface area contributed by atoms with E-state index in [-0.39, 0.29) is 5.91 Å². The fourth-order valence-corrected chi connectivity index (χ4v) is 3.25. The number of carbonyl (C=O) groups excluding carboxylic acids is 1. The summed E-state index contributed by atoms with van der Waals surface area (Å²) in [7, 11) is 0. The number of hydrogen-bond acceptors (Lipinski definition) is 3. The van der Waals surface area contributed by atoms with Gasteiger partial charge in [-0.15, -0.1) is 0 Å². The second kappa shape index (κ2) is 10.3. The topological polar surface area (TPSA) is 50.4 Å². The highest BCUT2D eigenvalue weighted by Gasteiger charge is 2.15. The van der Waals surface area contributed by atoms with E-state index in [0.29, 0.717) is 24.1 Å². The molecule has 2 N–H and O–H groups in total. The number of anilines is 1. The summed E-state index contributed by atoms with van der Waals surface area (Å²) in [6, 6.07) is 7.58. The average molecular weight is 349 g/mol. The van der Waals surface area contributed by atoms with Crippen molar-refractivity contribution < 1.29 is 9.53 Å². The monoisotopic (exact) mass is 348 g/mol. The standard InChI is InChI=1S/C19H28N2O2S/c1-2-14-23-17-11-9-16(10-12-17)20-19(24)21-18(22)13-8-15-6-4-3-5-7-15/h9-12,15H,2-8,13-14H2,1H3,(H2,20,21,22,24). The lowest BCUT2D eigenvalue weighted by molar-refractivity contribution is -0.120. The van der Waals surface area contributed by atoms with Crippen molar-refractivity contribution in [2.24, 2.45) is 5.92 Å². The summed E-state index contributed by atoms with van der Waals surface area (Å²) in [4.78, 5) is 12.0. The van der Waals surface area contributed by atoms with Gasteiger partial charge in [0.2, 0.25) is 5.91 Å². The predicted molar refractivity (Wildman–Crippen MR) is 102 cm³/mol. The molecule has 0 atom stereocenters. The van der Waals surface area contributed by atoms with E-state index in [4.69, 9.17) is 17.0 Å². The molecule has 5 heteroatoms. The predicted octanol–water partition coefficient (Wildman–Crippen LogP) is 4.65. The van der Waals surface area contributed by atoms with Gasteiger partial charge in [0, 0.05) is 12.1 Å². The van der Waals surface area contributed by atoms with Gasteiger partial charge >= 0.3 is 0 Å². The number of nitrogens with one attached hydrogen (secondary N) is 2. The molecule has 132 valence electrons. The van der Waals surface area contributed by atoms with Crippen LogP contribution in [0.15, 0.2) is 24.3 Å². The number of hydrogen-bond donors (Lipinski definition) is 2. The van der Waals surface area contributed by atoms with E-state index in [0.717, 1.165) is 24.3 Å². The lowest BCUT2D eigenvalue weighted by atomic mass is 9.86. The van der Waals surface area contributed by atoms with Crippen LogP contribution in [-0.4, -0.2) is 17.6 Å². The van der Waals surface area contributed by atoms with Gasteiger partial charge in [-0.1, -0.05) is 39.0 Å². The molecule has 0 unspecified atom stereocenters. The SMILES string of the molecule is CCCOc1ccc(NC(=S)NC(=O)CCC2CCCCC2)cc1. The molecule has 0 spiro atoms. The zero-order valence-corrected chi connectivity index (χ0v) is 15.3. The minimum atomic E-state index is 0.000901. The molecule has 0 radical (unpaired) electrons.